The zero-order chi connectivity index (χ0) is 14.5. The second-order valence-corrected chi connectivity index (χ2v) is 6.83. The van der Waals surface area contributed by atoms with Crippen molar-refractivity contribution in [1.82, 2.24) is 5.32 Å². The summed E-state index contributed by atoms with van der Waals surface area (Å²) >= 11 is 7.86. The number of morpholine rings is 1. The van der Waals surface area contributed by atoms with E-state index in [4.69, 9.17) is 16.3 Å². The fraction of sp³-hybridized carbons (Fsp3) is 0.500. The van der Waals surface area contributed by atoms with Gasteiger partial charge in [0.2, 0.25) is 0 Å². The number of hydrogen-bond donors (Lipinski definition) is 2. The van der Waals surface area contributed by atoms with Crippen LogP contribution in [0, 0.1) is 0 Å². The van der Waals surface area contributed by atoms with Gasteiger partial charge < -0.3 is 15.4 Å². The standard InChI is InChI=1S/C14H19ClN2O2S/c1-9(2)20-13-10(15)4-3-5-11(13)17-14(18)12-8-16-6-7-19-12/h3-5,9,12,16H,6-8H2,1-2H3,(H,17,18)/t12-/m1/s1. The second-order valence-electron chi connectivity index (χ2n) is 4.84. The minimum absolute atomic E-state index is 0.134. The van der Waals surface area contributed by atoms with Gasteiger partial charge in [0.25, 0.3) is 5.91 Å². The maximum atomic E-state index is 12.2. The predicted molar refractivity (Wildman–Crippen MR) is 83.7 cm³/mol. The summed E-state index contributed by atoms with van der Waals surface area (Å²) < 4.78 is 5.45. The first kappa shape index (κ1) is 15.6. The molecule has 1 aromatic carbocycles. The van der Waals surface area contributed by atoms with Gasteiger partial charge in [0.15, 0.2) is 0 Å². The van der Waals surface area contributed by atoms with Crippen molar-refractivity contribution in [2.75, 3.05) is 25.0 Å². The van der Waals surface area contributed by atoms with E-state index in [1.807, 2.05) is 18.2 Å². The Kier molecular flexibility index (Phi) is 5.72. The molecule has 1 fully saturated rings. The lowest BCUT2D eigenvalue weighted by Gasteiger charge is -2.23. The molecule has 1 aliphatic heterocycles. The highest BCUT2D eigenvalue weighted by molar-refractivity contribution is 8.00. The number of anilines is 1. The molecule has 0 spiro atoms. The van der Waals surface area contributed by atoms with Gasteiger partial charge in [-0.05, 0) is 12.1 Å². The molecule has 1 amide bonds. The van der Waals surface area contributed by atoms with Gasteiger partial charge in [0.05, 0.1) is 17.3 Å². The summed E-state index contributed by atoms with van der Waals surface area (Å²) in [7, 11) is 0. The Morgan fingerprint density at radius 2 is 2.35 bits per heavy atom. The molecule has 0 saturated carbocycles. The lowest BCUT2D eigenvalue weighted by molar-refractivity contribution is -0.128. The monoisotopic (exact) mass is 314 g/mol. The SMILES string of the molecule is CC(C)Sc1c(Cl)cccc1NC(=O)[C@H]1CNCCO1. The molecule has 110 valence electrons. The van der Waals surface area contributed by atoms with E-state index in [1.165, 1.54) is 0 Å². The van der Waals surface area contributed by atoms with E-state index in [0.29, 0.717) is 23.4 Å². The van der Waals surface area contributed by atoms with E-state index in [0.717, 1.165) is 17.1 Å². The summed E-state index contributed by atoms with van der Waals surface area (Å²) in [5.74, 6) is -0.134. The number of rotatable bonds is 4. The van der Waals surface area contributed by atoms with Crippen molar-refractivity contribution >= 4 is 35.0 Å². The van der Waals surface area contributed by atoms with Crippen LogP contribution < -0.4 is 10.6 Å². The Morgan fingerprint density at radius 3 is 3.00 bits per heavy atom. The Hall–Kier alpha value is -0.750. The van der Waals surface area contributed by atoms with Crippen LogP contribution in [0.1, 0.15) is 13.8 Å². The molecular formula is C14H19ClN2O2S. The van der Waals surface area contributed by atoms with Crippen molar-refractivity contribution < 1.29 is 9.53 Å². The van der Waals surface area contributed by atoms with Crippen LogP contribution in [0.25, 0.3) is 0 Å². The Balaban J connectivity index is 2.11. The second kappa shape index (κ2) is 7.31. The van der Waals surface area contributed by atoms with E-state index in [2.05, 4.69) is 24.5 Å². The Bertz CT molecular complexity index is 476. The number of halogens is 1. The Labute approximate surface area is 128 Å². The highest BCUT2D eigenvalue weighted by Crippen LogP contribution is 2.36. The molecule has 4 nitrogen and oxygen atoms in total. The largest absolute Gasteiger partial charge is 0.366 e. The molecule has 20 heavy (non-hydrogen) atoms. The van der Waals surface area contributed by atoms with Crippen LogP contribution in [0.5, 0.6) is 0 Å². The van der Waals surface area contributed by atoms with Gasteiger partial charge in [-0.15, -0.1) is 11.8 Å². The van der Waals surface area contributed by atoms with Crippen LogP contribution in [-0.4, -0.2) is 37.0 Å². The molecule has 0 bridgehead atoms. The molecule has 0 aromatic heterocycles. The van der Waals surface area contributed by atoms with Crippen molar-refractivity contribution in [3.05, 3.63) is 23.2 Å². The molecule has 0 radical (unpaired) electrons. The van der Waals surface area contributed by atoms with Crippen molar-refractivity contribution in [2.24, 2.45) is 0 Å². The normalized spacial score (nSPS) is 19.1. The molecule has 0 aliphatic carbocycles. The first-order chi connectivity index (χ1) is 9.58. The van der Waals surface area contributed by atoms with Gasteiger partial charge in [-0.2, -0.15) is 0 Å². The van der Waals surface area contributed by atoms with Crippen LogP contribution in [0.3, 0.4) is 0 Å². The molecule has 2 rings (SSSR count). The minimum Gasteiger partial charge on any atom is -0.366 e. The predicted octanol–water partition coefficient (Wildman–Crippen LogP) is 2.77. The number of benzene rings is 1. The molecule has 1 atom stereocenters. The lowest BCUT2D eigenvalue weighted by Crippen LogP contribution is -2.45. The molecule has 0 unspecified atom stereocenters. The summed E-state index contributed by atoms with van der Waals surface area (Å²) in [6, 6.07) is 5.54. The van der Waals surface area contributed by atoms with Crippen molar-refractivity contribution in [2.45, 2.75) is 30.1 Å². The summed E-state index contributed by atoms with van der Waals surface area (Å²) in [6.07, 6.45) is -0.445. The maximum Gasteiger partial charge on any atom is 0.254 e. The average molecular weight is 315 g/mol. The minimum atomic E-state index is -0.445. The highest BCUT2D eigenvalue weighted by Gasteiger charge is 2.23. The first-order valence-corrected chi connectivity index (χ1v) is 7.92. The van der Waals surface area contributed by atoms with Crippen LogP contribution >= 0.6 is 23.4 Å². The average Bonchev–Trinajstić information content (AvgIpc) is 2.43. The summed E-state index contributed by atoms with van der Waals surface area (Å²) in [5, 5.41) is 7.10. The Morgan fingerprint density at radius 1 is 1.55 bits per heavy atom. The number of carbonyl (C=O) groups is 1. The van der Waals surface area contributed by atoms with Gasteiger partial charge in [0.1, 0.15) is 6.10 Å². The van der Waals surface area contributed by atoms with E-state index < -0.39 is 6.10 Å². The van der Waals surface area contributed by atoms with Gasteiger partial charge in [-0.1, -0.05) is 31.5 Å². The van der Waals surface area contributed by atoms with Crippen LogP contribution in [0.15, 0.2) is 23.1 Å². The summed E-state index contributed by atoms with van der Waals surface area (Å²) in [4.78, 5) is 13.1. The van der Waals surface area contributed by atoms with Crippen molar-refractivity contribution in [3.8, 4) is 0 Å². The summed E-state index contributed by atoms with van der Waals surface area (Å²) in [5.41, 5.74) is 0.746. The van der Waals surface area contributed by atoms with Gasteiger partial charge >= 0.3 is 0 Å². The quantitative estimate of drug-likeness (QED) is 0.839. The molecule has 1 aliphatic rings. The van der Waals surface area contributed by atoms with Crippen LogP contribution in [0.4, 0.5) is 5.69 Å². The number of amides is 1. The molecule has 1 saturated heterocycles. The van der Waals surface area contributed by atoms with Crippen molar-refractivity contribution in [1.29, 1.82) is 0 Å². The molecule has 1 heterocycles. The highest BCUT2D eigenvalue weighted by atomic mass is 35.5. The molecule has 6 heteroatoms. The van der Waals surface area contributed by atoms with Gasteiger partial charge in [0, 0.05) is 23.2 Å². The van der Waals surface area contributed by atoms with Crippen LogP contribution in [0.2, 0.25) is 5.02 Å². The van der Waals surface area contributed by atoms with E-state index in [9.17, 15) is 4.79 Å². The number of nitrogens with one attached hydrogen (secondary N) is 2. The molecular weight excluding hydrogens is 296 g/mol. The fourth-order valence-electron chi connectivity index (χ4n) is 1.91. The van der Waals surface area contributed by atoms with Gasteiger partial charge in [-0.25, -0.2) is 0 Å². The number of thioether (sulfide) groups is 1. The molecule has 1 aromatic rings. The third-order valence-corrected chi connectivity index (χ3v) is 4.37. The van der Waals surface area contributed by atoms with E-state index in [1.54, 1.807) is 11.8 Å². The molecule has 2 N–H and O–H groups in total. The smallest absolute Gasteiger partial charge is 0.254 e. The topological polar surface area (TPSA) is 50.4 Å². The zero-order valence-electron chi connectivity index (χ0n) is 11.6. The number of hydrogen-bond acceptors (Lipinski definition) is 4. The zero-order valence-corrected chi connectivity index (χ0v) is 13.2. The lowest BCUT2D eigenvalue weighted by atomic mass is 10.2. The third-order valence-electron chi connectivity index (χ3n) is 2.80. The number of carbonyl (C=O) groups excluding carboxylic acids is 1. The first-order valence-electron chi connectivity index (χ1n) is 6.66. The van der Waals surface area contributed by atoms with Gasteiger partial charge in [-0.3, -0.25) is 4.79 Å². The summed E-state index contributed by atoms with van der Waals surface area (Å²) in [6.45, 7) is 6.07. The van der Waals surface area contributed by atoms with E-state index >= 15 is 0 Å². The van der Waals surface area contributed by atoms with Crippen LogP contribution in [-0.2, 0) is 9.53 Å². The van der Waals surface area contributed by atoms with Crippen molar-refractivity contribution in [3.63, 3.8) is 0 Å². The number of ether oxygens (including phenoxy) is 1. The third kappa shape index (κ3) is 4.12. The fourth-order valence-corrected chi connectivity index (χ4v) is 3.12. The van der Waals surface area contributed by atoms with E-state index in [-0.39, 0.29) is 5.91 Å². The maximum absolute atomic E-state index is 12.2.